The first kappa shape index (κ1) is 16.6. The van der Waals surface area contributed by atoms with Gasteiger partial charge in [0.15, 0.2) is 0 Å². The molecule has 0 bridgehead atoms. The van der Waals surface area contributed by atoms with Gasteiger partial charge in [0.2, 0.25) is 5.91 Å². The van der Waals surface area contributed by atoms with Gasteiger partial charge in [-0.15, -0.1) is 0 Å². The number of allylic oxidation sites excluding steroid dienone is 1. The van der Waals surface area contributed by atoms with Crippen molar-refractivity contribution in [3.05, 3.63) is 23.9 Å². The van der Waals surface area contributed by atoms with Gasteiger partial charge in [-0.1, -0.05) is 13.5 Å². The lowest BCUT2D eigenvalue weighted by Gasteiger charge is -2.05. The second-order valence-electron chi connectivity index (χ2n) is 2.84. The summed E-state index contributed by atoms with van der Waals surface area (Å²) in [6.45, 7) is 8.84. The number of hydrogen-bond acceptors (Lipinski definition) is 4. The molecule has 0 aliphatic rings. The Morgan fingerprint density at radius 1 is 1.31 bits per heavy atom. The van der Waals surface area contributed by atoms with Crippen molar-refractivity contribution in [2.45, 2.75) is 27.2 Å². The first-order valence-electron chi connectivity index (χ1n) is 4.94. The maximum atomic E-state index is 11.1. The van der Waals surface area contributed by atoms with Gasteiger partial charge in [0, 0.05) is 5.70 Å². The first-order chi connectivity index (χ1) is 7.40. The number of esters is 1. The van der Waals surface area contributed by atoms with Crippen molar-refractivity contribution in [3.63, 3.8) is 0 Å². The molecule has 1 amide bonds. The van der Waals surface area contributed by atoms with E-state index in [0.717, 1.165) is 6.08 Å². The molecule has 0 saturated heterocycles. The van der Waals surface area contributed by atoms with Crippen LogP contribution in [0.2, 0.25) is 0 Å². The summed E-state index contributed by atoms with van der Waals surface area (Å²) in [6, 6.07) is 0. The zero-order chi connectivity index (χ0) is 13.1. The highest BCUT2D eigenvalue weighted by molar-refractivity contribution is 5.89. The zero-order valence-corrected chi connectivity index (χ0v) is 10.1. The molecule has 16 heavy (non-hydrogen) atoms. The predicted octanol–water partition coefficient (Wildman–Crippen LogP) is 0.850. The van der Waals surface area contributed by atoms with E-state index in [1.54, 1.807) is 13.8 Å². The highest BCUT2D eigenvalue weighted by atomic mass is 16.5. The summed E-state index contributed by atoms with van der Waals surface area (Å²) in [5.41, 5.74) is 11.1. The first-order valence-corrected chi connectivity index (χ1v) is 4.94. The molecule has 0 aromatic heterocycles. The molecule has 0 spiro atoms. The van der Waals surface area contributed by atoms with Crippen LogP contribution in [0, 0.1) is 0 Å². The van der Waals surface area contributed by atoms with Crippen molar-refractivity contribution in [2.24, 2.45) is 11.5 Å². The molecule has 0 aliphatic heterocycles. The molecule has 5 heteroatoms. The zero-order valence-electron chi connectivity index (χ0n) is 10.1. The fourth-order valence-corrected chi connectivity index (χ4v) is 0.802. The van der Waals surface area contributed by atoms with E-state index < -0.39 is 5.91 Å². The Labute approximate surface area is 96.1 Å². The van der Waals surface area contributed by atoms with E-state index in [9.17, 15) is 9.59 Å². The molecule has 0 aliphatic carbocycles. The van der Waals surface area contributed by atoms with Gasteiger partial charge in [-0.25, -0.2) is 4.79 Å². The van der Waals surface area contributed by atoms with Gasteiger partial charge in [0.05, 0.1) is 12.2 Å². The average Bonchev–Trinajstić information content (AvgIpc) is 2.19. The van der Waals surface area contributed by atoms with E-state index >= 15 is 0 Å². The molecule has 0 unspecified atom stereocenters. The second kappa shape index (κ2) is 9.76. The molecular weight excluding hydrogens is 208 g/mol. The Morgan fingerprint density at radius 2 is 1.75 bits per heavy atom. The Morgan fingerprint density at radius 3 is 1.94 bits per heavy atom. The van der Waals surface area contributed by atoms with Gasteiger partial charge in [-0.2, -0.15) is 0 Å². The Hall–Kier alpha value is -1.78. The summed E-state index contributed by atoms with van der Waals surface area (Å²) in [6.07, 6.45) is 1.68. The third-order valence-electron chi connectivity index (χ3n) is 1.55. The van der Waals surface area contributed by atoms with Crippen LogP contribution in [0.25, 0.3) is 0 Å². The molecule has 4 N–H and O–H groups in total. The lowest BCUT2D eigenvalue weighted by Crippen LogP contribution is -2.11. The summed E-state index contributed by atoms with van der Waals surface area (Å²) >= 11 is 0. The fourth-order valence-electron chi connectivity index (χ4n) is 0.802. The van der Waals surface area contributed by atoms with Crippen LogP contribution in [-0.2, 0) is 14.3 Å². The van der Waals surface area contributed by atoms with Crippen molar-refractivity contribution in [1.82, 2.24) is 0 Å². The van der Waals surface area contributed by atoms with Crippen molar-refractivity contribution >= 4 is 11.9 Å². The van der Waals surface area contributed by atoms with Crippen LogP contribution in [0.5, 0.6) is 0 Å². The highest BCUT2D eigenvalue weighted by Crippen LogP contribution is 2.05. The fraction of sp³-hybridized carbons (Fsp3) is 0.455. The van der Waals surface area contributed by atoms with Crippen molar-refractivity contribution in [3.8, 4) is 0 Å². The van der Waals surface area contributed by atoms with Gasteiger partial charge in [-0.3, -0.25) is 4.79 Å². The number of hydrogen-bond donors (Lipinski definition) is 2. The summed E-state index contributed by atoms with van der Waals surface area (Å²) in [7, 11) is 0. The summed E-state index contributed by atoms with van der Waals surface area (Å²) < 4.78 is 4.78. The molecule has 0 aromatic rings. The molecule has 0 atom stereocenters. The van der Waals surface area contributed by atoms with E-state index in [4.69, 9.17) is 10.5 Å². The van der Waals surface area contributed by atoms with Crippen LogP contribution in [0.15, 0.2) is 23.9 Å². The minimum Gasteiger partial charge on any atom is -0.463 e. The van der Waals surface area contributed by atoms with Gasteiger partial charge in [-0.05, 0) is 26.3 Å². The lowest BCUT2D eigenvalue weighted by molar-refractivity contribution is -0.138. The predicted molar refractivity (Wildman–Crippen MR) is 63.2 cm³/mol. The van der Waals surface area contributed by atoms with Crippen molar-refractivity contribution < 1.29 is 14.3 Å². The Balaban J connectivity index is 0. The van der Waals surface area contributed by atoms with E-state index in [1.165, 1.54) is 0 Å². The van der Waals surface area contributed by atoms with Gasteiger partial charge < -0.3 is 16.2 Å². The highest BCUT2D eigenvalue weighted by Gasteiger charge is 2.09. The van der Waals surface area contributed by atoms with Crippen molar-refractivity contribution in [1.29, 1.82) is 0 Å². The molecule has 0 heterocycles. The summed E-state index contributed by atoms with van der Waals surface area (Å²) in [5, 5.41) is 0. The van der Waals surface area contributed by atoms with Crippen LogP contribution in [0.3, 0.4) is 0 Å². The molecule has 5 nitrogen and oxygen atoms in total. The molecular formula is C11H20N2O3. The quantitative estimate of drug-likeness (QED) is 0.550. The van der Waals surface area contributed by atoms with Crippen LogP contribution >= 0.6 is 0 Å². The van der Waals surface area contributed by atoms with Crippen LogP contribution in [-0.4, -0.2) is 18.5 Å². The molecule has 0 rings (SSSR count). The molecule has 0 fully saturated rings. The Kier molecular flexibility index (Phi) is 10.2. The average molecular weight is 228 g/mol. The molecule has 92 valence electrons. The van der Waals surface area contributed by atoms with E-state index in [1.807, 2.05) is 6.92 Å². The smallest absolute Gasteiger partial charge is 0.335 e. The standard InChI is InChI=1S/C8H15NO2.C3H5NO/c1-4-7(6(3)9)8(10)11-5-2;1-2-3(4)5/h4-5,9H2,1-3H3;2H,1H2,(H2,4,5). The number of nitrogens with two attached hydrogens (primary N) is 2. The van der Waals surface area contributed by atoms with Crippen LogP contribution in [0.4, 0.5) is 0 Å². The third kappa shape index (κ3) is 8.80. The minimum atomic E-state index is -0.481. The molecule has 0 saturated carbocycles. The maximum absolute atomic E-state index is 11.1. The SMILES string of the molecule is C=CC(N)=O.CCOC(=O)C(CC)=C(C)N. The van der Waals surface area contributed by atoms with Crippen LogP contribution < -0.4 is 11.5 Å². The number of carbonyl (C=O) groups is 2. The van der Waals surface area contributed by atoms with Crippen LogP contribution in [0.1, 0.15) is 27.2 Å². The summed E-state index contributed by atoms with van der Waals surface area (Å²) in [4.78, 5) is 20.5. The number of carbonyl (C=O) groups excluding carboxylic acids is 2. The lowest BCUT2D eigenvalue weighted by atomic mass is 10.2. The van der Waals surface area contributed by atoms with E-state index in [2.05, 4.69) is 12.3 Å². The summed E-state index contributed by atoms with van der Waals surface area (Å²) in [5.74, 6) is -0.778. The monoisotopic (exact) mass is 228 g/mol. The largest absolute Gasteiger partial charge is 0.463 e. The number of primary amides is 1. The van der Waals surface area contributed by atoms with Gasteiger partial charge in [0.25, 0.3) is 0 Å². The normalized spacial score (nSPS) is 10.4. The molecule has 0 aromatic carbocycles. The second-order valence-corrected chi connectivity index (χ2v) is 2.84. The Bertz CT molecular complexity index is 279. The number of rotatable bonds is 4. The topological polar surface area (TPSA) is 95.4 Å². The van der Waals surface area contributed by atoms with E-state index in [-0.39, 0.29) is 5.97 Å². The van der Waals surface area contributed by atoms with E-state index in [0.29, 0.717) is 24.3 Å². The van der Waals surface area contributed by atoms with Gasteiger partial charge in [0.1, 0.15) is 0 Å². The van der Waals surface area contributed by atoms with Crippen molar-refractivity contribution in [2.75, 3.05) is 6.61 Å². The maximum Gasteiger partial charge on any atom is 0.335 e. The minimum absolute atomic E-state index is 0.296. The third-order valence-corrected chi connectivity index (χ3v) is 1.55. The number of amides is 1. The number of ether oxygens (including phenoxy) is 1. The van der Waals surface area contributed by atoms with Gasteiger partial charge >= 0.3 is 5.97 Å². The molecule has 0 radical (unpaired) electrons.